The van der Waals surface area contributed by atoms with E-state index >= 15 is 0 Å². The predicted octanol–water partition coefficient (Wildman–Crippen LogP) is 1.62. The number of rotatable bonds is 5. The Morgan fingerprint density at radius 3 is 2.74 bits per heavy atom. The second kappa shape index (κ2) is 6.52. The Balaban J connectivity index is 2.71. The molecule has 0 spiro atoms. The number of carbonyl (C=O) groups is 1. The van der Waals surface area contributed by atoms with Crippen LogP contribution in [0.1, 0.15) is 37.7 Å². The third kappa shape index (κ3) is 5.26. The molecule has 0 saturated heterocycles. The molecule has 5 nitrogen and oxygen atoms in total. The largest absolute Gasteiger partial charge is 0.497 e. The molecule has 0 aliphatic carbocycles. The number of nitrogens with one attached hydrogen (secondary N) is 1. The normalized spacial score (nSPS) is 12.9. The molecular formula is C14H22N2O3. The lowest BCUT2D eigenvalue weighted by Gasteiger charge is -2.25. The van der Waals surface area contributed by atoms with Crippen LogP contribution in [0.3, 0.4) is 0 Å². The van der Waals surface area contributed by atoms with Gasteiger partial charge in [-0.15, -0.1) is 0 Å². The molecule has 1 heterocycles. The molecule has 0 bridgehead atoms. The van der Waals surface area contributed by atoms with E-state index in [0.717, 1.165) is 0 Å². The lowest BCUT2D eigenvalue weighted by molar-refractivity contribution is 0.0892. The van der Waals surface area contributed by atoms with Gasteiger partial charge in [0.1, 0.15) is 11.4 Å². The highest BCUT2D eigenvalue weighted by atomic mass is 16.5. The summed E-state index contributed by atoms with van der Waals surface area (Å²) in [5.41, 5.74) is 0.314. The number of hydrogen-bond acceptors (Lipinski definition) is 4. The van der Waals surface area contributed by atoms with Crippen LogP contribution in [-0.4, -0.2) is 35.8 Å². The number of ether oxygens (including phenoxy) is 1. The van der Waals surface area contributed by atoms with Crippen LogP contribution in [0.4, 0.5) is 0 Å². The Labute approximate surface area is 114 Å². The van der Waals surface area contributed by atoms with Crippen LogP contribution < -0.4 is 10.1 Å². The molecule has 0 radical (unpaired) electrons. The van der Waals surface area contributed by atoms with Crippen molar-refractivity contribution in [2.75, 3.05) is 13.7 Å². The molecule has 106 valence electrons. The maximum atomic E-state index is 12.0. The number of aromatic nitrogens is 1. The van der Waals surface area contributed by atoms with Gasteiger partial charge in [-0.05, 0) is 17.9 Å². The first kappa shape index (κ1) is 15.4. The summed E-state index contributed by atoms with van der Waals surface area (Å²) in [5.74, 6) is 0.277. The van der Waals surface area contributed by atoms with Gasteiger partial charge >= 0.3 is 0 Å². The van der Waals surface area contributed by atoms with Crippen LogP contribution in [0.25, 0.3) is 0 Å². The van der Waals surface area contributed by atoms with E-state index < -0.39 is 0 Å². The Bertz CT molecular complexity index is 427. The second-order valence-corrected chi connectivity index (χ2v) is 5.70. The topological polar surface area (TPSA) is 71.5 Å². The fraction of sp³-hybridized carbons (Fsp3) is 0.571. The molecule has 1 rings (SSSR count). The molecule has 0 aromatic carbocycles. The molecule has 1 aromatic rings. The van der Waals surface area contributed by atoms with E-state index in [1.54, 1.807) is 12.1 Å². The van der Waals surface area contributed by atoms with Crippen LogP contribution in [-0.2, 0) is 0 Å². The highest BCUT2D eigenvalue weighted by Gasteiger charge is 2.20. The van der Waals surface area contributed by atoms with Crippen molar-refractivity contribution in [2.24, 2.45) is 5.41 Å². The first-order valence-electron chi connectivity index (χ1n) is 6.27. The van der Waals surface area contributed by atoms with Crippen LogP contribution in [0.2, 0.25) is 0 Å². The number of pyridine rings is 1. The fourth-order valence-corrected chi connectivity index (χ4v) is 1.82. The molecule has 1 aromatic heterocycles. The second-order valence-electron chi connectivity index (χ2n) is 5.70. The molecule has 0 saturated carbocycles. The van der Waals surface area contributed by atoms with Gasteiger partial charge in [-0.25, -0.2) is 0 Å². The van der Waals surface area contributed by atoms with Crippen molar-refractivity contribution in [3.05, 3.63) is 24.0 Å². The van der Waals surface area contributed by atoms with Crippen LogP contribution in [0.15, 0.2) is 18.3 Å². The van der Waals surface area contributed by atoms with Gasteiger partial charge in [0.25, 0.3) is 5.91 Å². The van der Waals surface area contributed by atoms with Crippen molar-refractivity contribution in [3.8, 4) is 5.75 Å². The average Bonchev–Trinajstić information content (AvgIpc) is 2.36. The molecule has 0 fully saturated rings. The van der Waals surface area contributed by atoms with E-state index in [2.05, 4.69) is 31.1 Å². The number of amides is 1. The molecule has 5 heteroatoms. The van der Waals surface area contributed by atoms with Crippen LogP contribution >= 0.6 is 0 Å². The molecule has 2 N–H and O–H groups in total. The van der Waals surface area contributed by atoms with Crippen molar-refractivity contribution >= 4 is 5.91 Å². The zero-order valence-corrected chi connectivity index (χ0v) is 11.9. The standard InChI is InChI=1S/C14H22N2O3/c1-14(2,3)8-10(9-17)16-13(18)12-7-11(19-4)5-6-15-12/h5-7,10,17H,8-9H2,1-4H3,(H,16,18). The molecule has 1 amide bonds. The van der Waals surface area contributed by atoms with Crippen molar-refractivity contribution in [1.29, 1.82) is 0 Å². The maximum absolute atomic E-state index is 12.0. The lowest BCUT2D eigenvalue weighted by atomic mass is 9.88. The van der Waals surface area contributed by atoms with E-state index in [-0.39, 0.29) is 29.7 Å². The summed E-state index contributed by atoms with van der Waals surface area (Å²) >= 11 is 0. The SMILES string of the molecule is COc1ccnc(C(=O)NC(CO)CC(C)(C)C)c1. The third-order valence-corrected chi connectivity index (χ3v) is 2.61. The number of aliphatic hydroxyl groups excluding tert-OH is 1. The van der Waals surface area contributed by atoms with Crippen molar-refractivity contribution in [1.82, 2.24) is 10.3 Å². The van der Waals surface area contributed by atoms with E-state index in [1.807, 2.05) is 0 Å². The third-order valence-electron chi connectivity index (χ3n) is 2.61. The van der Waals surface area contributed by atoms with Gasteiger partial charge in [0.15, 0.2) is 0 Å². The van der Waals surface area contributed by atoms with E-state index in [4.69, 9.17) is 4.74 Å². The number of nitrogens with zero attached hydrogens (tertiary/aromatic N) is 1. The van der Waals surface area contributed by atoms with Gasteiger partial charge in [0, 0.05) is 12.3 Å². The fourth-order valence-electron chi connectivity index (χ4n) is 1.82. The van der Waals surface area contributed by atoms with Gasteiger partial charge in [-0.2, -0.15) is 0 Å². The predicted molar refractivity (Wildman–Crippen MR) is 73.2 cm³/mol. The minimum Gasteiger partial charge on any atom is -0.497 e. The zero-order chi connectivity index (χ0) is 14.5. The Morgan fingerprint density at radius 2 is 2.21 bits per heavy atom. The molecular weight excluding hydrogens is 244 g/mol. The van der Waals surface area contributed by atoms with Crippen molar-refractivity contribution < 1.29 is 14.6 Å². The van der Waals surface area contributed by atoms with Gasteiger partial charge < -0.3 is 15.2 Å². The molecule has 1 unspecified atom stereocenters. The molecule has 0 aliphatic heterocycles. The van der Waals surface area contributed by atoms with Crippen LogP contribution in [0, 0.1) is 5.41 Å². The number of hydrogen-bond donors (Lipinski definition) is 2. The van der Waals surface area contributed by atoms with Gasteiger partial charge in [-0.1, -0.05) is 20.8 Å². The first-order valence-corrected chi connectivity index (χ1v) is 6.27. The summed E-state index contributed by atoms with van der Waals surface area (Å²) in [4.78, 5) is 16.0. The molecule has 19 heavy (non-hydrogen) atoms. The smallest absolute Gasteiger partial charge is 0.270 e. The summed E-state index contributed by atoms with van der Waals surface area (Å²) in [6.07, 6.45) is 2.21. The number of methoxy groups -OCH3 is 1. The van der Waals surface area contributed by atoms with Crippen molar-refractivity contribution in [2.45, 2.75) is 33.2 Å². The van der Waals surface area contributed by atoms with Gasteiger partial charge in [-0.3, -0.25) is 9.78 Å². The van der Waals surface area contributed by atoms with Gasteiger partial charge in [0.2, 0.25) is 0 Å². The summed E-state index contributed by atoms with van der Waals surface area (Å²) in [6, 6.07) is 2.97. The quantitative estimate of drug-likeness (QED) is 0.849. The van der Waals surface area contributed by atoms with Gasteiger partial charge in [0.05, 0.1) is 19.8 Å². The Morgan fingerprint density at radius 1 is 1.53 bits per heavy atom. The summed E-state index contributed by atoms with van der Waals surface area (Å²) < 4.78 is 5.05. The zero-order valence-electron chi connectivity index (χ0n) is 11.9. The Kier molecular flexibility index (Phi) is 5.30. The maximum Gasteiger partial charge on any atom is 0.270 e. The molecule has 1 atom stereocenters. The summed E-state index contributed by atoms with van der Waals surface area (Å²) in [7, 11) is 1.53. The lowest BCUT2D eigenvalue weighted by Crippen LogP contribution is -2.40. The minimum atomic E-state index is -0.304. The number of carbonyl (C=O) groups excluding carboxylic acids is 1. The minimum absolute atomic E-state index is 0.0302. The summed E-state index contributed by atoms with van der Waals surface area (Å²) in [5, 5.41) is 12.1. The summed E-state index contributed by atoms with van der Waals surface area (Å²) in [6.45, 7) is 6.09. The number of aliphatic hydroxyl groups is 1. The van der Waals surface area contributed by atoms with E-state index in [9.17, 15) is 9.90 Å². The molecule has 0 aliphatic rings. The van der Waals surface area contributed by atoms with Crippen molar-refractivity contribution in [3.63, 3.8) is 0 Å². The van der Waals surface area contributed by atoms with E-state index in [1.165, 1.54) is 13.3 Å². The van der Waals surface area contributed by atoms with Crippen LogP contribution in [0.5, 0.6) is 5.75 Å². The first-order chi connectivity index (χ1) is 8.85. The van der Waals surface area contributed by atoms with E-state index in [0.29, 0.717) is 12.2 Å². The monoisotopic (exact) mass is 266 g/mol. The Hall–Kier alpha value is -1.62. The average molecular weight is 266 g/mol. The highest BCUT2D eigenvalue weighted by molar-refractivity contribution is 5.92. The highest BCUT2D eigenvalue weighted by Crippen LogP contribution is 2.20.